The minimum absolute atomic E-state index is 0. The van der Waals surface area contributed by atoms with Crippen molar-refractivity contribution in [3.8, 4) is 0 Å². The fourth-order valence-corrected chi connectivity index (χ4v) is 10.4. The van der Waals surface area contributed by atoms with E-state index in [4.69, 9.17) is 14.2 Å². The van der Waals surface area contributed by atoms with Gasteiger partial charge in [0.15, 0.2) is 0 Å². The molecule has 4 heterocycles. The van der Waals surface area contributed by atoms with Gasteiger partial charge in [0.2, 0.25) is 0 Å². The molecule has 4 aliphatic carbocycles. The molecule has 4 aliphatic heterocycles. The highest BCUT2D eigenvalue weighted by atomic mass is 16.5. The van der Waals surface area contributed by atoms with Gasteiger partial charge in [0.1, 0.15) is 0 Å². The van der Waals surface area contributed by atoms with Crippen LogP contribution in [0.25, 0.3) is 0 Å². The second kappa shape index (κ2) is 30.4. The second-order valence-corrected chi connectivity index (χ2v) is 31.8. The van der Waals surface area contributed by atoms with E-state index >= 15 is 0 Å². The van der Waals surface area contributed by atoms with Crippen molar-refractivity contribution in [2.75, 3.05) is 46.1 Å². The lowest BCUT2D eigenvalue weighted by Crippen LogP contribution is -2.48. The summed E-state index contributed by atoms with van der Waals surface area (Å²) in [4.78, 5) is 0. The van der Waals surface area contributed by atoms with Gasteiger partial charge in [-0.2, -0.15) is 0 Å². The molecule has 2 unspecified atom stereocenters. The minimum Gasteiger partial charge on any atom is -0.381 e. The normalized spacial score (nSPS) is 24.2. The van der Waals surface area contributed by atoms with Crippen molar-refractivity contribution in [1.29, 1.82) is 0 Å². The Morgan fingerprint density at radius 3 is 0.609 bits per heavy atom. The molecule has 1 N–H and O–H groups in total. The topological polar surface area (TPSA) is 39.7 Å². The average molecular weight is 977 g/mol. The van der Waals surface area contributed by atoms with Crippen LogP contribution in [0.3, 0.4) is 0 Å². The highest BCUT2D eigenvalue weighted by molar-refractivity contribution is 4.85. The van der Waals surface area contributed by atoms with E-state index in [1.54, 1.807) is 0 Å². The zero-order chi connectivity index (χ0) is 52.4. The molecule has 0 aromatic rings. The molecule has 8 rings (SSSR count). The lowest BCUT2D eigenvalue weighted by atomic mass is 9.69. The molecule has 0 radical (unpaired) electrons. The summed E-state index contributed by atoms with van der Waals surface area (Å²) in [6, 6.07) is 0. The maximum absolute atomic E-state index is 5.30. The Bertz CT molecular complexity index is 1040. The summed E-state index contributed by atoms with van der Waals surface area (Å²) < 4.78 is 15.6. The summed E-state index contributed by atoms with van der Waals surface area (Å²) in [6.45, 7) is 62.8. The molecule has 4 saturated heterocycles. The van der Waals surface area contributed by atoms with Crippen LogP contribution in [0.5, 0.6) is 0 Å². The number of hydrogen-bond acceptors (Lipinski definition) is 4. The van der Waals surface area contributed by atoms with Crippen LogP contribution in [0.2, 0.25) is 0 Å². The van der Waals surface area contributed by atoms with Crippen molar-refractivity contribution in [2.24, 2.45) is 84.7 Å². The molecule has 0 spiro atoms. The monoisotopic (exact) mass is 976 g/mol. The van der Waals surface area contributed by atoms with Crippen molar-refractivity contribution in [3.63, 3.8) is 0 Å². The molecule has 0 amide bonds. The second-order valence-electron chi connectivity index (χ2n) is 31.8. The Kier molecular flexibility index (Phi) is 30.3. The van der Waals surface area contributed by atoms with Crippen LogP contribution >= 0.6 is 0 Å². The van der Waals surface area contributed by atoms with Gasteiger partial charge in [-0.25, -0.2) is 0 Å². The van der Waals surface area contributed by atoms with E-state index in [0.717, 1.165) is 74.5 Å². The van der Waals surface area contributed by atoms with E-state index < -0.39 is 0 Å². The van der Waals surface area contributed by atoms with E-state index in [0.29, 0.717) is 49.4 Å². The first-order valence-corrected chi connectivity index (χ1v) is 29.3. The van der Waals surface area contributed by atoms with Gasteiger partial charge in [-0.05, 0) is 156 Å². The highest BCUT2D eigenvalue weighted by Crippen LogP contribution is 2.42. The van der Waals surface area contributed by atoms with Gasteiger partial charge in [-0.1, -0.05) is 219 Å². The highest BCUT2D eigenvalue weighted by Gasteiger charge is 2.34. The van der Waals surface area contributed by atoms with Crippen LogP contribution in [0.1, 0.15) is 283 Å². The third-order valence-corrected chi connectivity index (χ3v) is 17.8. The molecule has 69 heavy (non-hydrogen) atoms. The molecule has 4 heteroatoms. The predicted molar refractivity (Wildman–Crippen MR) is 310 cm³/mol. The number of hydrogen-bond donors (Lipinski definition) is 1. The van der Waals surface area contributed by atoms with Gasteiger partial charge in [-0.3, -0.25) is 0 Å². The third kappa shape index (κ3) is 29.5. The van der Waals surface area contributed by atoms with Crippen LogP contribution < -0.4 is 5.32 Å². The Hall–Kier alpha value is -0.160. The summed E-state index contributed by atoms with van der Waals surface area (Å²) in [5.74, 6) is 6.58. The van der Waals surface area contributed by atoms with Crippen LogP contribution in [-0.4, -0.2) is 52.2 Å². The molecule has 416 valence electrons. The van der Waals surface area contributed by atoms with E-state index in [1.807, 2.05) is 0 Å². The van der Waals surface area contributed by atoms with Crippen LogP contribution in [0.15, 0.2) is 0 Å². The summed E-state index contributed by atoms with van der Waals surface area (Å²) in [5.41, 5.74) is 4.17. The molecule has 4 nitrogen and oxygen atoms in total. The SMILES string of the molecule is C.CC(C)(C)C1CCC1.CC(C)(C)C1CCCC1.CC(C)(C)C1CCCC1.CC(C)(C)C1CCCC1.CC(C)(C)C1CCO1.CC(C)(C)C1CCOC1.CC(C)(C)C1CNC1.CC(C)(C)C1COC1. The summed E-state index contributed by atoms with van der Waals surface area (Å²) in [5, 5.41) is 3.27. The zero-order valence-electron chi connectivity index (χ0n) is 51.3. The number of ether oxygens (including phenoxy) is 3. The average Bonchev–Trinajstić information content (AvgIpc) is 3.89. The molecule has 0 aromatic carbocycles. The molecule has 8 aliphatic rings. The fourth-order valence-electron chi connectivity index (χ4n) is 10.4. The summed E-state index contributed by atoms with van der Waals surface area (Å²) in [6.07, 6.45) is 25.2. The van der Waals surface area contributed by atoms with Gasteiger partial charge in [0.05, 0.1) is 19.3 Å². The first-order chi connectivity index (χ1) is 30.8. The quantitative estimate of drug-likeness (QED) is 0.263. The van der Waals surface area contributed by atoms with Crippen molar-refractivity contribution >= 4 is 0 Å². The van der Waals surface area contributed by atoms with Crippen LogP contribution in [0, 0.1) is 84.7 Å². The molecule has 0 aromatic heterocycles. The predicted octanol–water partition coefficient (Wildman–Crippen LogP) is 20.0. The van der Waals surface area contributed by atoms with Gasteiger partial charge >= 0.3 is 0 Å². The fraction of sp³-hybridized carbons (Fsp3) is 1.00. The first-order valence-electron chi connectivity index (χ1n) is 29.3. The van der Waals surface area contributed by atoms with Gasteiger partial charge in [0, 0.05) is 25.7 Å². The van der Waals surface area contributed by atoms with E-state index in [1.165, 1.54) is 122 Å². The Balaban J connectivity index is 0.000000765. The smallest absolute Gasteiger partial charge is 0.0645 e. The van der Waals surface area contributed by atoms with Crippen molar-refractivity contribution < 1.29 is 14.2 Å². The van der Waals surface area contributed by atoms with Gasteiger partial charge in [0.25, 0.3) is 0 Å². The Morgan fingerprint density at radius 1 is 0.275 bits per heavy atom. The van der Waals surface area contributed by atoms with Crippen molar-refractivity contribution in [1.82, 2.24) is 5.32 Å². The Labute approximate surface area is 437 Å². The maximum atomic E-state index is 5.30. The minimum atomic E-state index is 0. The summed E-state index contributed by atoms with van der Waals surface area (Å²) in [7, 11) is 0. The standard InChI is InChI=1S/3C9H18.C8H16O.C8H16.C7H15N.2C7H14O.CH4/c3*1-9(2,3)8-6-4-5-7-8;1-8(2,3)7-4-5-9-6-7;1-8(2,3)7-5-4-6-7;2*1-7(2,3)6-4-8-5-6;1-7(2,3)6-4-5-8-6;/h3*8H,4-7H2,1-3H3;7H,4-6H2,1-3H3;7H,4-6H2,1-3H3;6,8H,4-5H2,1-3H3;2*6H,4-5H2,1-3H3;1H4. The molecule has 4 saturated carbocycles. The Morgan fingerprint density at radius 2 is 0.551 bits per heavy atom. The largest absolute Gasteiger partial charge is 0.381 e. The zero-order valence-corrected chi connectivity index (χ0v) is 51.3. The molecule has 0 bridgehead atoms. The van der Waals surface area contributed by atoms with Gasteiger partial charge < -0.3 is 19.5 Å². The van der Waals surface area contributed by atoms with E-state index in [2.05, 4.69) is 171 Å². The number of nitrogens with one attached hydrogen (secondary N) is 1. The number of rotatable bonds is 0. The molecular formula is C65H133NO3. The molecular weight excluding hydrogens is 843 g/mol. The van der Waals surface area contributed by atoms with Crippen LogP contribution in [-0.2, 0) is 14.2 Å². The van der Waals surface area contributed by atoms with Crippen molar-refractivity contribution in [3.05, 3.63) is 0 Å². The van der Waals surface area contributed by atoms with Crippen LogP contribution in [0.4, 0.5) is 0 Å². The maximum Gasteiger partial charge on any atom is 0.0645 e. The summed E-state index contributed by atoms with van der Waals surface area (Å²) >= 11 is 0. The van der Waals surface area contributed by atoms with Crippen molar-refractivity contribution in [2.45, 2.75) is 289 Å². The molecule has 2 atom stereocenters. The lowest BCUT2D eigenvalue weighted by molar-refractivity contribution is -0.109. The first kappa shape index (κ1) is 68.8. The lowest BCUT2D eigenvalue weighted by Gasteiger charge is -2.38. The van der Waals surface area contributed by atoms with Gasteiger partial charge in [-0.15, -0.1) is 0 Å². The third-order valence-electron chi connectivity index (χ3n) is 17.8. The molecule has 8 fully saturated rings. The van der Waals surface area contributed by atoms with E-state index in [-0.39, 0.29) is 7.43 Å². The van der Waals surface area contributed by atoms with E-state index in [9.17, 15) is 0 Å².